The van der Waals surface area contributed by atoms with Gasteiger partial charge in [-0.25, -0.2) is 0 Å². The van der Waals surface area contributed by atoms with Crippen molar-refractivity contribution >= 4 is 11.9 Å². The average Bonchev–Trinajstić information content (AvgIpc) is 2.76. The van der Waals surface area contributed by atoms with Gasteiger partial charge in [0.25, 0.3) is 0 Å². The lowest BCUT2D eigenvalue weighted by Crippen LogP contribution is -2.44. The molecule has 0 saturated carbocycles. The van der Waals surface area contributed by atoms with Crippen molar-refractivity contribution < 1.29 is 41.0 Å². The van der Waals surface area contributed by atoms with E-state index in [9.17, 15) is 31.5 Å². The van der Waals surface area contributed by atoms with Crippen molar-refractivity contribution in [3.05, 3.63) is 0 Å². The molecule has 0 N–H and O–H groups in total. The number of carbonyl (C=O) groups is 2. The predicted octanol–water partition coefficient (Wildman–Crippen LogP) is 8.17. The molecule has 9 heteroatoms. The van der Waals surface area contributed by atoms with Gasteiger partial charge in [-0.3, -0.25) is 9.59 Å². The third kappa shape index (κ3) is 14.1. The third-order valence-corrected chi connectivity index (χ3v) is 5.80. The van der Waals surface area contributed by atoms with Gasteiger partial charge in [-0.05, 0) is 20.3 Å². The number of halogens is 5. The SMILES string of the molecule is CCCCCCCCCCCCCCCCCOC(=O)C(C)(C)C(=O)OCC(F)(F)C(F)(F)F. The highest BCUT2D eigenvalue weighted by Crippen LogP contribution is 2.36. The van der Waals surface area contributed by atoms with E-state index in [0.29, 0.717) is 6.42 Å². The van der Waals surface area contributed by atoms with Crippen molar-refractivity contribution in [2.45, 2.75) is 129 Å². The van der Waals surface area contributed by atoms with Crippen LogP contribution in [0.15, 0.2) is 0 Å². The largest absolute Gasteiger partial charge is 0.465 e. The number of unbranched alkanes of at least 4 members (excludes halogenated alkanes) is 14. The zero-order valence-electron chi connectivity index (χ0n) is 21.0. The fourth-order valence-corrected chi connectivity index (χ4v) is 3.32. The summed E-state index contributed by atoms with van der Waals surface area (Å²) in [6, 6.07) is 0. The van der Waals surface area contributed by atoms with Crippen LogP contribution in [0.25, 0.3) is 0 Å². The average molecular weight is 503 g/mol. The van der Waals surface area contributed by atoms with E-state index in [1.165, 1.54) is 64.2 Å². The molecule has 0 heterocycles. The van der Waals surface area contributed by atoms with Gasteiger partial charge in [0.1, 0.15) is 0 Å². The summed E-state index contributed by atoms with van der Waals surface area (Å²) >= 11 is 0. The summed E-state index contributed by atoms with van der Waals surface area (Å²) in [5.41, 5.74) is -1.98. The van der Waals surface area contributed by atoms with Crippen molar-refractivity contribution in [1.82, 2.24) is 0 Å². The number of ether oxygens (including phenoxy) is 2. The van der Waals surface area contributed by atoms with Crippen LogP contribution in [0, 0.1) is 5.41 Å². The molecule has 0 aromatic rings. The molecule has 0 aliphatic carbocycles. The van der Waals surface area contributed by atoms with Gasteiger partial charge in [-0.1, -0.05) is 96.8 Å². The minimum absolute atomic E-state index is 0.0481. The van der Waals surface area contributed by atoms with E-state index < -0.39 is 36.1 Å². The van der Waals surface area contributed by atoms with Crippen molar-refractivity contribution in [3.63, 3.8) is 0 Å². The summed E-state index contributed by atoms with van der Waals surface area (Å²) < 4.78 is 71.2. The van der Waals surface area contributed by atoms with E-state index in [-0.39, 0.29) is 6.61 Å². The Bertz CT molecular complexity index is 562. The van der Waals surface area contributed by atoms with Crippen LogP contribution in [-0.4, -0.2) is 37.3 Å². The summed E-state index contributed by atoms with van der Waals surface area (Å²) in [7, 11) is 0. The zero-order chi connectivity index (χ0) is 26.1. The molecule has 0 fully saturated rings. The number of hydrogen-bond acceptors (Lipinski definition) is 4. The molecule has 0 aromatic carbocycles. The zero-order valence-corrected chi connectivity index (χ0v) is 21.0. The smallest absolute Gasteiger partial charge is 0.456 e. The fraction of sp³-hybridized carbons (Fsp3) is 0.920. The van der Waals surface area contributed by atoms with E-state index in [1.54, 1.807) is 0 Å². The fourth-order valence-electron chi connectivity index (χ4n) is 3.32. The minimum atomic E-state index is -5.84. The quantitative estimate of drug-likeness (QED) is 0.0729. The van der Waals surface area contributed by atoms with Crippen LogP contribution in [-0.2, 0) is 19.1 Å². The topological polar surface area (TPSA) is 52.6 Å². The summed E-state index contributed by atoms with van der Waals surface area (Å²) in [5.74, 6) is -7.69. The molecule has 0 aromatic heterocycles. The lowest BCUT2D eigenvalue weighted by molar-refractivity contribution is -0.294. The lowest BCUT2D eigenvalue weighted by Gasteiger charge is -2.24. The van der Waals surface area contributed by atoms with E-state index >= 15 is 0 Å². The molecule has 0 rings (SSSR count). The first kappa shape index (κ1) is 32.6. The molecule has 4 nitrogen and oxygen atoms in total. The van der Waals surface area contributed by atoms with Crippen LogP contribution < -0.4 is 0 Å². The summed E-state index contributed by atoms with van der Waals surface area (Å²) in [4.78, 5) is 23.9. The van der Waals surface area contributed by atoms with Crippen molar-refractivity contribution in [1.29, 1.82) is 0 Å². The van der Waals surface area contributed by atoms with E-state index in [4.69, 9.17) is 4.74 Å². The molecule has 0 atom stereocenters. The predicted molar refractivity (Wildman–Crippen MR) is 122 cm³/mol. The molecule has 0 spiro atoms. The molecule has 0 unspecified atom stereocenters. The van der Waals surface area contributed by atoms with Crippen LogP contribution in [0.1, 0.15) is 117 Å². The van der Waals surface area contributed by atoms with Crippen LogP contribution in [0.5, 0.6) is 0 Å². The molecule has 0 aliphatic rings. The molecule has 0 saturated heterocycles. The van der Waals surface area contributed by atoms with Gasteiger partial charge in [0, 0.05) is 0 Å². The Morgan fingerprint density at radius 2 is 0.941 bits per heavy atom. The Kier molecular flexibility index (Phi) is 16.4. The third-order valence-electron chi connectivity index (χ3n) is 5.80. The Hall–Kier alpha value is -1.41. The van der Waals surface area contributed by atoms with E-state index in [2.05, 4.69) is 11.7 Å². The molecule has 0 bridgehead atoms. The van der Waals surface area contributed by atoms with Crippen molar-refractivity contribution in [2.75, 3.05) is 13.2 Å². The number of rotatable bonds is 20. The van der Waals surface area contributed by atoms with Crippen LogP contribution in [0.2, 0.25) is 0 Å². The van der Waals surface area contributed by atoms with E-state index in [1.807, 2.05) is 0 Å². The Labute approximate surface area is 201 Å². The maximum Gasteiger partial charge on any atom is 0.456 e. The number of alkyl halides is 5. The number of carbonyl (C=O) groups excluding carboxylic acids is 2. The van der Waals surface area contributed by atoms with Gasteiger partial charge < -0.3 is 9.47 Å². The lowest BCUT2D eigenvalue weighted by atomic mass is 9.94. The maximum absolute atomic E-state index is 12.9. The van der Waals surface area contributed by atoms with Crippen LogP contribution in [0.4, 0.5) is 22.0 Å². The van der Waals surface area contributed by atoms with Gasteiger partial charge >= 0.3 is 24.0 Å². The molecule has 0 amide bonds. The van der Waals surface area contributed by atoms with E-state index in [0.717, 1.165) is 39.5 Å². The number of esters is 2. The first-order valence-electron chi connectivity index (χ1n) is 12.6. The van der Waals surface area contributed by atoms with Gasteiger partial charge in [-0.2, -0.15) is 22.0 Å². The molecule has 34 heavy (non-hydrogen) atoms. The molecular weight excluding hydrogens is 459 g/mol. The van der Waals surface area contributed by atoms with Gasteiger partial charge in [0.05, 0.1) is 6.61 Å². The second-order valence-corrected chi connectivity index (χ2v) is 9.49. The monoisotopic (exact) mass is 502 g/mol. The first-order chi connectivity index (χ1) is 15.9. The highest BCUT2D eigenvalue weighted by Gasteiger charge is 2.59. The highest BCUT2D eigenvalue weighted by atomic mass is 19.4. The van der Waals surface area contributed by atoms with Crippen LogP contribution >= 0.6 is 0 Å². The summed E-state index contributed by atoms with van der Waals surface area (Å²) in [6.07, 6.45) is 11.9. The van der Waals surface area contributed by atoms with Gasteiger partial charge in [0.2, 0.25) is 0 Å². The number of hydrogen-bond donors (Lipinski definition) is 0. The first-order valence-corrected chi connectivity index (χ1v) is 12.6. The Morgan fingerprint density at radius 3 is 1.32 bits per heavy atom. The second kappa shape index (κ2) is 17.1. The van der Waals surface area contributed by atoms with Crippen molar-refractivity contribution in [3.8, 4) is 0 Å². The Balaban J connectivity index is 3.78. The van der Waals surface area contributed by atoms with Crippen LogP contribution in [0.3, 0.4) is 0 Å². The Morgan fingerprint density at radius 1 is 0.588 bits per heavy atom. The minimum Gasteiger partial charge on any atom is -0.465 e. The molecular formula is C25H43F5O4. The summed E-state index contributed by atoms with van der Waals surface area (Å²) in [6.45, 7) is 2.23. The van der Waals surface area contributed by atoms with Gasteiger partial charge in [0.15, 0.2) is 12.0 Å². The standard InChI is InChI=1S/C25H43F5O4/c1-4-5-6-7-8-9-10-11-12-13-14-15-16-17-18-19-33-21(31)23(2,3)22(32)34-20-24(26,27)25(28,29)30/h4-20H2,1-3H3. The van der Waals surface area contributed by atoms with Gasteiger partial charge in [-0.15, -0.1) is 0 Å². The maximum atomic E-state index is 12.9. The normalized spacial score (nSPS) is 12.6. The molecule has 0 aliphatic heterocycles. The highest BCUT2D eigenvalue weighted by molar-refractivity contribution is 5.99. The molecule has 202 valence electrons. The second-order valence-electron chi connectivity index (χ2n) is 9.49. The molecule has 0 radical (unpaired) electrons. The summed E-state index contributed by atoms with van der Waals surface area (Å²) in [5, 5.41) is 0. The van der Waals surface area contributed by atoms with Crippen molar-refractivity contribution in [2.24, 2.45) is 5.41 Å².